The third-order valence-corrected chi connectivity index (χ3v) is 3.54. The number of hydrogen-bond acceptors (Lipinski definition) is 3. The average molecular weight is 325 g/mol. The first-order valence-corrected chi connectivity index (χ1v) is 7.61. The van der Waals surface area contributed by atoms with Gasteiger partial charge in [0.05, 0.1) is 17.3 Å². The number of hydrogen-bond donors (Lipinski definition) is 1. The Hall–Kier alpha value is -1.72. The van der Waals surface area contributed by atoms with Gasteiger partial charge in [-0.1, -0.05) is 41.6 Å². The van der Waals surface area contributed by atoms with Gasteiger partial charge in [0.15, 0.2) is 5.17 Å². The number of ether oxygens (including phenoxy) is 1. The number of rotatable bonds is 5. The van der Waals surface area contributed by atoms with Crippen LogP contribution in [0.2, 0.25) is 5.02 Å². The van der Waals surface area contributed by atoms with Crippen LogP contribution in [0.3, 0.4) is 0 Å². The van der Waals surface area contributed by atoms with E-state index < -0.39 is 5.82 Å². The van der Waals surface area contributed by atoms with Gasteiger partial charge >= 0.3 is 0 Å². The van der Waals surface area contributed by atoms with Crippen molar-refractivity contribution in [2.24, 2.45) is 10.7 Å². The molecule has 0 fully saturated rings. The molecule has 0 bridgehead atoms. The van der Waals surface area contributed by atoms with Crippen molar-refractivity contribution < 1.29 is 9.13 Å². The lowest BCUT2D eigenvalue weighted by atomic mass is 10.3. The Bertz CT molecular complexity index is 622. The van der Waals surface area contributed by atoms with Gasteiger partial charge in [-0.25, -0.2) is 9.38 Å². The van der Waals surface area contributed by atoms with Gasteiger partial charge < -0.3 is 10.5 Å². The number of para-hydroxylation sites is 1. The molecule has 2 N–H and O–H groups in total. The van der Waals surface area contributed by atoms with E-state index in [-0.39, 0.29) is 5.02 Å². The molecule has 0 heterocycles. The first-order valence-electron chi connectivity index (χ1n) is 6.25. The van der Waals surface area contributed by atoms with Crippen LogP contribution in [-0.4, -0.2) is 17.5 Å². The van der Waals surface area contributed by atoms with Crippen LogP contribution in [0.4, 0.5) is 10.1 Å². The monoisotopic (exact) mass is 324 g/mol. The Morgan fingerprint density at radius 3 is 2.71 bits per heavy atom. The molecule has 3 nitrogen and oxygen atoms in total. The summed E-state index contributed by atoms with van der Waals surface area (Å²) in [4.78, 5) is 4.16. The van der Waals surface area contributed by atoms with E-state index in [4.69, 9.17) is 22.1 Å². The maximum Gasteiger partial charge on any atom is 0.159 e. The zero-order chi connectivity index (χ0) is 15.1. The smallest absolute Gasteiger partial charge is 0.159 e. The number of halogens is 2. The third-order valence-electron chi connectivity index (χ3n) is 2.49. The molecule has 21 heavy (non-hydrogen) atoms. The molecule has 0 aliphatic heterocycles. The van der Waals surface area contributed by atoms with Crippen molar-refractivity contribution in [3.63, 3.8) is 0 Å². The largest absolute Gasteiger partial charge is 0.493 e. The molecule has 0 aliphatic carbocycles. The summed E-state index contributed by atoms with van der Waals surface area (Å²) >= 11 is 7.05. The Labute approximate surface area is 132 Å². The van der Waals surface area contributed by atoms with Crippen LogP contribution in [0.5, 0.6) is 5.75 Å². The Balaban J connectivity index is 1.79. The second-order valence-corrected chi connectivity index (χ2v) is 5.58. The van der Waals surface area contributed by atoms with Crippen LogP contribution in [0.25, 0.3) is 0 Å². The van der Waals surface area contributed by atoms with Gasteiger partial charge in [-0.05, 0) is 30.3 Å². The zero-order valence-electron chi connectivity index (χ0n) is 11.1. The molecule has 0 radical (unpaired) electrons. The number of benzene rings is 2. The Kier molecular flexibility index (Phi) is 5.90. The number of nitrogens with zero attached hydrogens (tertiary/aromatic N) is 1. The van der Waals surface area contributed by atoms with Gasteiger partial charge in [0.25, 0.3) is 0 Å². The summed E-state index contributed by atoms with van der Waals surface area (Å²) in [6.07, 6.45) is 0. The summed E-state index contributed by atoms with van der Waals surface area (Å²) in [6.45, 7) is 0.523. The molecule has 0 atom stereocenters. The molecule has 2 aromatic carbocycles. The fourth-order valence-electron chi connectivity index (χ4n) is 1.54. The van der Waals surface area contributed by atoms with E-state index in [9.17, 15) is 4.39 Å². The maximum absolute atomic E-state index is 13.0. The number of aliphatic imine (C=N–C) groups is 1. The highest BCUT2D eigenvalue weighted by Crippen LogP contribution is 2.22. The van der Waals surface area contributed by atoms with E-state index in [2.05, 4.69) is 4.99 Å². The van der Waals surface area contributed by atoms with Crippen molar-refractivity contribution in [3.05, 3.63) is 59.4 Å². The van der Waals surface area contributed by atoms with Gasteiger partial charge in [-0.3, -0.25) is 0 Å². The second kappa shape index (κ2) is 7.90. The minimum atomic E-state index is -0.474. The molecule has 6 heteroatoms. The van der Waals surface area contributed by atoms with Gasteiger partial charge in [0.2, 0.25) is 0 Å². The zero-order valence-corrected chi connectivity index (χ0v) is 12.7. The van der Waals surface area contributed by atoms with Crippen LogP contribution >= 0.6 is 23.4 Å². The third kappa shape index (κ3) is 5.28. The molecule has 0 aromatic heterocycles. The van der Waals surface area contributed by atoms with Gasteiger partial charge in [-0.2, -0.15) is 0 Å². The van der Waals surface area contributed by atoms with Gasteiger partial charge in [-0.15, -0.1) is 0 Å². The molecular formula is C15H14ClFN2OS. The van der Waals surface area contributed by atoms with Gasteiger partial charge in [0, 0.05) is 5.75 Å². The number of thioether (sulfide) groups is 1. The Morgan fingerprint density at radius 2 is 2.00 bits per heavy atom. The van der Waals surface area contributed by atoms with Crippen molar-refractivity contribution in [2.75, 3.05) is 12.4 Å². The van der Waals surface area contributed by atoms with E-state index in [0.29, 0.717) is 23.2 Å². The second-order valence-electron chi connectivity index (χ2n) is 4.06. The minimum absolute atomic E-state index is 0.0291. The standard InChI is InChI=1S/C15H14ClFN2OS/c16-13-10-11(6-7-14(13)17)19-15(18)21-9-8-20-12-4-2-1-3-5-12/h1-7,10H,8-9H2,(H2,18,19). The number of nitrogens with two attached hydrogens (primary N) is 1. The number of amidine groups is 1. The molecule has 0 saturated carbocycles. The van der Waals surface area contributed by atoms with E-state index in [1.54, 1.807) is 0 Å². The maximum atomic E-state index is 13.0. The quantitative estimate of drug-likeness (QED) is 0.508. The summed E-state index contributed by atoms with van der Waals surface area (Å²) in [5.74, 6) is 1.01. The first-order chi connectivity index (χ1) is 10.1. The van der Waals surface area contributed by atoms with Crippen LogP contribution in [0.15, 0.2) is 53.5 Å². The van der Waals surface area contributed by atoms with Crippen molar-refractivity contribution in [1.29, 1.82) is 0 Å². The molecule has 0 spiro atoms. The predicted octanol–water partition coefficient (Wildman–Crippen LogP) is 4.24. The molecule has 0 amide bonds. The summed E-state index contributed by atoms with van der Waals surface area (Å²) in [6, 6.07) is 13.8. The fourth-order valence-corrected chi connectivity index (χ4v) is 2.26. The average Bonchev–Trinajstić information content (AvgIpc) is 2.49. The van der Waals surface area contributed by atoms with Crippen molar-refractivity contribution in [3.8, 4) is 5.75 Å². The minimum Gasteiger partial charge on any atom is -0.493 e. The van der Waals surface area contributed by atoms with E-state index in [0.717, 1.165) is 5.75 Å². The summed E-state index contributed by atoms with van der Waals surface area (Å²) < 4.78 is 18.6. The molecule has 0 unspecified atom stereocenters. The SMILES string of the molecule is NC(=Nc1ccc(F)c(Cl)c1)SCCOc1ccccc1. The highest BCUT2D eigenvalue weighted by Gasteiger charge is 2.01. The molecule has 2 aromatic rings. The molecule has 0 aliphatic rings. The molecule has 110 valence electrons. The molecular weight excluding hydrogens is 311 g/mol. The van der Waals surface area contributed by atoms with Crippen LogP contribution in [0.1, 0.15) is 0 Å². The van der Waals surface area contributed by atoms with E-state index in [1.165, 1.54) is 30.0 Å². The van der Waals surface area contributed by atoms with Crippen LogP contribution in [0, 0.1) is 5.82 Å². The van der Waals surface area contributed by atoms with Crippen LogP contribution in [-0.2, 0) is 0 Å². The topological polar surface area (TPSA) is 47.6 Å². The summed E-state index contributed by atoms with van der Waals surface area (Å²) in [5, 5.41) is 0.413. The lowest BCUT2D eigenvalue weighted by molar-refractivity contribution is 0.344. The highest BCUT2D eigenvalue weighted by atomic mass is 35.5. The van der Waals surface area contributed by atoms with Crippen molar-refractivity contribution in [2.45, 2.75) is 0 Å². The van der Waals surface area contributed by atoms with E-state index in [1.807, 2.05) is 30.3 Å². The van der Waals surface area contributed by atoms with Crippen molar-refractivity contribution in [1.82, 2.24) is 0 Å². The fraction of sp³-hybridized carbons (Fsp3) is 0.133. The van der Waals surface area contributed by atoms with Crippen molar-refractivity contribution >= 4 is 34.2 Å². The molecule has 0 saturated heterocycles. The predicted molar refractivity (Wildman–Crippen MR) is 87.1 cm³/mol. The van der Waals surface area contributed by atoms with Crippen LogP contribution < -0.4 is 10.5 Å². The molecule has 2 rings (SSSR count). The van der Waals surface area contributed by atoms with Gasteiger partial charge in [0.1, 0.15) is 11.6 Å². The normalized spacial score (nSPS) is 11.4. The lowest BCUT2D eigenvalue weighted by Crippen LogP contribution is -2.10. The lowest BCUT2D eigenvalue weighted by Gasteiger charge is -2.05. The van der Waals surface area contributed by atoms with E-state index >= 15 is 0 Å². The Morgan fingerprint density at radius 1 is 1.24 bits per heavy atom. The summed E-state index contributed by atoms with van der Waals surface area (Å²) in [7, 11) is 0. The first kappa shape index (κ1) is 15.7. The summed E-state index contributed by atoms with van der Waals surface area (Å²) in [5.41, 5.74) is 6.32. The highest BCUT2D eigenvalue weighted by molar-refractivity contribution is 8.13.